The Labute approximate surface area is 102 Å². The monoisotopic (exact) mass is 248 g/mol. The third kappa shape index (κ3) is 1.44. The molecule has 3 aromatic rings. The average molecular weight is 249 g/mol. The molecule has 0 aliphatic rings. The molecule has 4 heteroatoms. The lowest BCUT2D eigenvalue weighted by Crippen LogP contribution is -1.87. The van der Waals surface area contributed by atoms with Gasteiger partial charge in [-0.25, -0.2) is 4.98 Å². The van der Waals surface area contributed by atoms with Crippen molar-refractivity contribution < 1.29 is 0 Å². The second kappa shape index (κ2) is 3.61. The average Bonchev–Trinajstić information content (AvgIpc) is 2.87. The maximum Gasteiger partial charge on any atom is 0.156 e. The van der Waals surface area contributed by atoms with Gasteiger partial charge in [-0.2, -0.15) is 0 Å². The van der Waals surface area contributed by atoms with Crippen molar-refractivity contribution >= 4 is 28.5 Å². The summed E-state index contributed by atoms with van der Waals surface area (Å²) < 4.78 is 2.03. The summed E-state index contributed by atoms with van der Waals surface area (Å²) in [7, 11) is 0. The summed E-state index contributed by atoms with van der Waals surface area (Å²) in [6.45, 7) is 2.05. The summed E-state index contributed by atoms with van der Waals surface area (Å²) in [5, 5.41) is 2.60. The molecule has 16 heavy (non-hydrogen) atoms. The van der Waals surface area contributed by atoms with Crippen LogP contribution in [0.3, 0.4) is 0 Å². The number of pyridine rings is 1. The maximum absolute atomic E-state index is 6.14. The lowest BCUT2D eigenvalue weighted by atomic mass is 10.3. The molecule has 2 nitrogen and oxygen atoms in total. The van der Waals surface area contributed by atoms with Gasteiger partial charge in [-0.15, -0.1) is 11.3 Å². The Balaban J connectivity index is 2.35. The van der Waals surface area contributed by atoms with E-state index in [0.29, 0.717) is 5.15 Å². The molecule has 0 aromatic carbocycles. The van der Waals surface area contributed by atoms with E-state index in [1.54, 1.807) is 11.3 Å². The second-order valence-corrected chi connectivity index (χ2v) is 4.97. The Bertz CT molecular complexity index is 640. The van der Waals surface area contributed by atoms with Crippen LogP contribution in [0.25, 0.3) is 16.2 Å². The van der Waals surface area contributed by atoms with Crippen molar-refractivity contribution in [3.8, 4) is 10.7 Å². The van der Waals surface area contributed by atoms with Crippen LogP contribution in [0.1, 0.15) is 5.56 Å². The summed E-state index contributed by atoms with van der Waals surface area (Å²) in [5.74, 6) is 0.912. The van der Waals surface area contributed by atoms with Gasteiger partial charge < -0.3 is 0 Å². The molecule has 3 heterocycles. The van der Waals surface area contributed by atoms with Crippen LogP contribution >= 0.6 is 22.9 Å². The Morgan fingerprint density at radius 1 is 1.38 bits per heavy atom. The lowest BCUT2D eigenvalue weighted by Gasteiger charge is -1.99. The molecule has 0 N–H and O–H groups in total. The van der Waals surface area contributed by atoms with Gasteiger partial charge in [-0.05, 0) is 36.1 Å². The molecule has 0 amide bonds. The van der Waals surface area contributed by atoms with E-state index in [9.17, 15) is 0 Å². The number of hydrogen-bond donors (Lipinski definition) is 0. The molecule has 0 aliphatic heterocycles. The SMILES string of the molecule is Cc1ccn2c(-c3cccs3)nc(Cl)c2c1. The summed E-state index contributed by atoms with van der Waals surface area (Å²) >= 11 is 7.81. The Hall–Kier alpha value is -1.32. The highest BCUT2D eigenvalue weighted by molar-refractivity contribution is 7.13. The fourth-order valence-electron chi connectivity index (χ4n) is 1.73. The van der Waals surface area contributed by atoms with Crippen LogP contribution in [0, 0.1) is 6.92 Å². The van der Waals surface area contributed by atoms with Gasteiger partial charge in [0.15, 0.2) is 11.0 Å². The van der Waals surface area contributed by atoms with Gasteiger partial charge in [0, 0.05) is 6.20 Å². The second-order valence-electron chi connectivity index (χ2n) is 3.66. The van der Waals surface area contributed by atoms with Crippen LogP contribution in [0.2, 0.25) is 5.15 Å². The zero-order chi connectivity index (χ0) is 11.1. The molecule has 0 bridgehead atoms. The molecular formula is C12H9ClN2S. The number of thiophene rings is 1. The highest BCUT2D eigenvalue weighted by Crippen LogP contribution is 2.28. The van der Waals surface area contributed by atoms with Crippen LogP contribution in [0.15, 0.2) is 35.8 Å². The van der Waals surface area contributed by atoms with Crippen LogP contribution < -0.4 is 0 Å². The normalized spacial score (nSPS) is 11.1. The van der Waals surface area contributed by atoms with E-state index in [2.05, 4.69) is 17.1 Å². The fraction of sp³-hybridized carbons (Fsp3) is 0.0833. The van der Waals surface area contributed by atoms with Crippen LogP contribution in [0.5, 0.6) is 0 Å². The molecule has 0 radical (unpaired) electrons. The van der Waals surface area contributed by atoms with Gasteiger partial charge in [0.1, 0.15) is 0 Å². The molecule has 0 atom stereocenters. The minimum atomic E-state index is 0.562. The fourth-order valence-corrected chi connectivity index (χ4v) is 2.67. The first-order valence-corrected chi connectivity index (χ1v) is 6.19. The van der Waals surface area contributed by atoms with Gasteiger partial charge in [0.25, 0.3) is 0 Å². The molecule has 0 saturated heterocycles. The van der Waals surface area contributed by atoms with Crippen molar-refractivity contribution in [2.24, 2.45) is 0 Å². The van der Waals surface area contributed by atoms with Crippen molar-refractivity contribution in [2.75, 3.05) is 0 Å². The van der Waals surface area contributed by atoms with E-state index in [4.69, 9.17) is 11.6 Å². The van der Waals surface area contributed by atoms with Crippen LogP contribution in [-0.2, 0) is 0 Å². The summed E-state index contributed by atoms with van der Waals surface area (Å²) in [5.41, 5.74) is 2.15. The van der Waals surface area contributed by atoms with Crippen LogP contribution in [0.4, 0.5) is 0 Å². The van der Waals surface area contributed by atoms with Gasteiger partial charge in [-0.3, -0.25) is 4.40 Å². The number of aryl methyl sites for hydroxylation is 1. The van der Waals surface area contributed by atoms with Crippen molar-refractivity contribution in [3.05, 3.63) is 46.6 Å². The Morgan fingerprint density at radius 2 is 2.25 bits per heavy atom. The standard InChI is InChI=1S/C12H9ClN2S/c1-8-4-5-15-9(7-8)11(13)14-12(15)10-3-2-6-16-10/h2-7H,1H3. The number of hydrogen-bond acceptors (Lipinski definition) is 2. The van der Waals surface area contributed by atoms with Crippen molar-refractivity contribution in [1.82, 2.24) is 9.38 Å². The minimum absolute atomic E-state index is 0.562. The molecule has 0 unspecified atom stereocenters. The highest BCUT2D eigenvalue weighted by atomic mass is 35.5. The summed E-state index contributed by atoms with van der Waals surface area (Å²) in [6, 6.07) is 8.17. The van der Waals surface area contributed by atoms with E-state index < -0.39 is 0 Å². The first-order valence-electron chi connectivity index (χ1n) is 4.94. The highest BCUT2D eigenvalue weighted by Gasteiger charge is 2.11. The Kier molecular flexibility index (Phi) is 2.23. The van der Waals surface area contributed by atoms with Gasteiger partial charge >= 0.3 is 0 Å². The number of imidazole rings is 1. The number of halogens is 1. The Morgan fingerprint density at radius 3 is 3.00 bits per heavy atom. The molecule has 0 saturated carbocycles. The zero-order valence-corrected chi connectivity index (χ0v) is 10.2. The summed E-state index contributed by atoms with van der Waals surface area (Å²) in [4.78, 5) is 5.54. The topological polar surface area (TPSA) is 17.3 Å². The van der Waals surface area contributed by atoms with E-state index in [1.807, 2.05) is 35.0 Å². The van der Waals surface area contributed by atoms with E-state index in [0.717, 1.165) is 16.2 Å². The number of fused-ring (bicyclic) bond motifs is 1. The molecule has 3 aromatic heterocycles. The van der Waals surface area contributed by atoms with Gasteiger partial charge in [-0.1, -0.05) is 17.7 Å². The molecule has 3 rings (SSSR count). The van der Waals surface area contributed by atoms with Gasteiger partial charge in [0.2, 0.25) is 0 Å². The predicted octanol–water partition coefficient (Wildman–Crippen LogP) is 4.02. The molecule has 0 aliphatic carbocycles. The molecular weight excluding hydrogens is 240 g/mol. The third-order valence-corrected chi connectivity index (χ3v) is 3.64. The van der Waals surface area contributed by atoms with E-state index >= 15 is 0 Å². The van der Waals surface area contributed by atoms with Crippen LogP contribution in [-0.4, -0.2) is 9.38 Å². The largest absolute Gasteiger partial charge is 0.297 e. The number of nitrogens with zero attached hydrogens (tertiary/aromatic N) is 2. The maximum atomic E-state index is 6.14. The third-order valence-electron chi connectivity index (χ3n) is 2.50. The lowest BCUT2D eigenvalue weighted by molar-refractivity contribution is 1.16. The molecule has 80 valence electrons. The van der Waals surface area contributed by atoms with Crippen molar-refractivity contribution in [1.29, 1.82) is 0 Å². The van der Waals surface area contributed by atoms with Crippen molar-refractivity contribution in [2.45, 2.75) is 6.92 Å². The smallest absolute Gasteiger partial charge is 0.156 e. The summed E-state index contributed by atoms with van der Waals surface area (Å²) in [6.07, 6.45) is 2.01. The number of aromatic nitrogens is 2. The van der Waals surface area contributed by atoms with Crippen molar-refractivity contribution in [3.63, 3.8) is 0 Å². The van der Waals surface area contributed by atoms with E-state index in [-0.39, 0.29) is 0 Å². The first kappa shape index (κ1) is 9.87. The zero-order valence-electron chi connectivity index (χ0n) is 8.64. The quantitative estimate of drug-likeness (QED) is 0.636. The molecule has 0 fully saturated rings. The van der Waals surface area contributed by atoms with E-state index in [1.165, 1.54) is 5.56 Å². The molecule has 0 spiro atoms. The van der Waals surface area contributed by atoms with Gasteiger partial charge in [0.05, 0.1) is 10.4 Å². The minimum Gasteiger partial charge on any atom is -0.297 e. The predicted molar refractivity (Wildman–Crippen MR) is 68.3 cm³/mol. The first-order chi connectivity index (χ1) is 7.75. The number of rotatable bonds is 1.